The molecule has 0 radical (unpaired) electrons. The molecule has 4 heteroatoms. The zero-order valence-electron chi connectivity index (χ0n) is 13.4. The predicted octanol–water partition coefficient (Wildman–Crippen LogP) is 1.42. The summed E-state index contributed by atoms with van der Waals surface area (Å²) < 4.78 is 5.95. The van der Waals surface area contributed by atoms with Crippen LogP contribution < -0.4 is 5.32 Å². The first-order valence-electron chi connectivity index (χ1n) is 8.55. The lowest BCUT2D eigenvalue weighted by Crippen LogP contribution is -2.44. The van der Waals surface area contributed by atoms with Crippen LogP contribution in [0.15, 0.2) is 0 Å². The highest BCUT2D eigenvalue weighted by molar-refractivity contribution is 4.75. The van der Waals surface area contributed by atoms with Crippen molar-refractivity contribution in [3.8, 4) is 0 Å². The largest absolute Gasteiger partial charge is 0.376 e. The van der Waals surface area contributed by atoms with Crippen molar-refractivity contribution in [3.63, 3.8) is 0 Å². The fourth-order valence-corrected chi connectivity index (χ4v) is 3.35. The highest BCUT2D eigenvalue weighted by Gasteiger charge is 2.22. The third-order valence-corrected chi connectivity index (χ3v) is 4.58. The lowest BCUT2D eigenvalue weighted by atomic mass is 9.98. The van der Waals surface area contributed by atoms with Gasteiger partial charge in [-0.1, -0.05) is 13.8 Å². The number of piperazine rings is 1. The summed E-state index contributed by atoms with van der Waals surface area (Å²) in [6, 6.07) is 0. The fourth-order valence-electron chi connectivity index (χ4n) is 3.35. The van der Waals surface area contributed by atoms with Crippen molar-refractivity contribution in [2.24, 2.45) is 5.92 Å². The number of hydrogen-bond acceptors (Lipinski definition) is 4. The van der Waals surface area contributed by atoms with Gasteiger partial charge >= 0.3 is 0 Å². The summed E-state index contributed by atoms with van der Waals surface area (Å²) >= 11 is 0. The van der Waals surface area contributed by atoms with Crippen LogP contribution in [0.4, 0.5) is 0 Å². The van der Waals surface area contributed by atoms with E-state index in [0.717, 1.165) is 38.7 Å². The van der Waals surface area contributed by atoms with Gasteiger partial charge in [0.15, 0.2) is 0 Å². The number of morpholine rings is 1. The van der Waals surface area contributed by atoms with Crippen molar-refractivity contribution in [3.05, 3.63) is 0 Å². The molecular formula is C16H33N3O. The Morgan fingerprint density at radius 3 is 2.70 bits per heavy atom. The number of ether oxygens (including phenoxy) is 1. The summed E-state index contributed by atoms with van der Waals surface area (Å²) in [6.07, 6.45) is 4.26. The molecule has 0 aromatic heterocycles. The fraction of sp³-hybridized carbons (Fsp3) is 1.00. The maximum Gasteiger partial charge on any atom is 0.0705 e. The average Bonchev–Trinajstić information content (AvgIpc) is 2.47. The van der Waals surface area contributed by atoms with Gasteiger partial charge in [-0.2, -0.15) is 0 Å². The van der Waals surface area contributed by atoms with E-state index >= 15 is 0 Å². The zero-order valence-corrected chi connectivity index (χ0v) is 13.4. The van der Waals surface area contributed by atoms with E-state index in [1.807, 2.05) is 0 Å². The lowest BCUT2D eigenvalue weighted by molar-refractivity contribution is -0.0389. The van der Waals surface area contributed by atoms with Crippen molar-refractivity contribution in [2.75, 3.05) is 59.0 Å². The monoisotopic (exact) mass is 283 g/mol. The summed E-state index contributed by atoms with van der Waals surface area (Å²) in [5.74, 6) is 0.775. The summed E-state index contributed by atoms with van der Waals surface area (Å²) in [5.41, 5.74) is 0. The second-order valence-electron chi connectivity index (χ2n) is 6.51. The first-order valence-corrected chi connectivity index (χ1v) is 8.55. The van der Waals surface area contributed by atoms with E-state index in [-0.39, 0.29) is 0 Å². The molecule has 2 aliphatic rings. The molecule has 0 bridgehead atoms. The zero-order chi connectivity index (χ0) is 14.2. The van der Waals surface area contributed by atoms with Gasteiger partial charge in [-0.3, -0.25) is 4.90 Å². The topological polar surface area (TPSA) is 27.7 Å². The standard InChI is InChI=1S/C16H33N3O/c1-3-7-19-11-12-20-16(14-19)13-15(2)4-8-18-9-5-17-6-10-18/h15-17H,3-14H2,1-2H3. The van der Waals surface area contributed by atoms with Gasteiger partial charge in [0.25, 0.3) is 0 Å². The summed E-state index contributed by atoms with van der Waals surface area (Å²) in [5, 5.41) is 3.42. The van der Waals surface area contributed by atoms with E-state index in [1.54, 1.807) is 0 Å². The summed E-state index contributed by atoms with van der Waals surface area (Å²) in [4.78, 5) is 5.16. The summed E-state index contributed by atoms with van der Waals surface area (Å²) in [6.45, 7) is 15.1. The normalized spacial score (nSPS) is 27.6. The van der Waals surface area contributed by atoms with Gasteiger partial charge in [0, 0.05) is 39.3 Å². The molecule has 2 saturated heterocycles. The van der Waals surface area contributed by atoms with E-state index in [1.165, 1.54) is 45.4 Å². The molecule has 2 rings (SSSR count). The molecule has 0 amide bonds. The van der Waals surface area contributed by atoms with E-state index in [4.69, 9.17) is 4.74 Å². The second-order valence-corrected chi connectivity index (χ2v) is 6.51. The molecule has 2 unspecified atom stereocenters. The average molecular weight is 283 g/mol. The highest BCUT2D eigenvalue weighted by atomic mass is 16.5. The van der Waals surface area contributed by atoms with E-state index in [0.29, 0.717) is 6.10 Å². The van der Waals surface area contributed by atoms with Crippen LogP contribution in [0.5, 0.6) is 0 Å². The predicted molar refractivity (Wildman–Crippen MR) is 84.2 cm³/mol. The van der Waals surface area contributed by atoms with Gasteiger partial charge in [0.2, 0.25) is 0 Å². The second kappa shape index (κ2) is 8.98. The third-order valence-electron chi connectivity index (χ3n) is 4.58. The SMILES string of the molecule is CCCN1CCOC(CC(C)CCN2CCNCC2)C1. The molecule has 0 saturated carbocycles. The Bertz CT molecular complexity index is 254. The van der Waals surface area contributed by atoms with Crippen LogP contribution in [-0.4, -0.2) is 74.9 Å². The van der Waals surface area contributed by atoms with Crippen LogP contribution in [0.2, 0.25) is 0 Å². The van der Waals surface area contributed by atoms with Crippen molar-refractivity contribution in [1.82, 2.24) is 15.1 Å². The highest BCUT2D eigenvalue weighted by Crippen LogP contribution is 2.17. The van der Waals surface area contributed by atoms with E-state index in [9.17, 15) is 0 Å². The number of hydrogen-bond donors (Lipinski definition) is 1. The van der Waals surface area contributed by atoms with Crippen LogP contribution >= 0.6 is 0 Å². The molecule has 4 nitrogen and oxygen atoms in total. The lowest BCUT2D eigenvalue weighted by Gasteiger charge is -2.34. The summed E-state index contributed by atoms with van der Waals surface area (Å²) in [7, 11) is 0. The maximum atomic E-state index is 5.95. The minimum atomic E-state index is 0.466. The van der Waals surface area contributed by atoms with Crippen molar-refractivity contribution in [1.29, 1.82) is 0 Å². The molecular weight excluding hydrogens is 250 g/mol. The Hall–Kier alpha value is -0.160. The Morgan fingerprint density at radius 2 is 1.95 bits per heavy atom. The third kappa shape index (κ3) is 5.68. The molecule has 2 atom stereocenters. The molecule has 2 aliphatic heterocycles. The van der Waals surface area contributed by atoms with Gasteiger partial charge in [0.05, 0.1) is 12.7 Å². The van der Waals surface area contributed by atoms with Gasteiger partial charge in [-0.25, -0.2) is 0 Å². The quantitative estimate of drug-likeness (QED) is 0.765. The van der Waals surface area contributed by atoms with Crippen LogP contribution in [0.25, 0.3) is 0 Å². The Kier molecular flexibility index (Phi) is 7.28. The number of nitrogens with one attached hydrogen (secondary N) is 1. The van der Waals surface area contributed by atoms with Gasteiger partial charge in [-0.05, 0) is 38.3 Å². The maximum absolute atomic E-state index is 5.95. The molecule has 118 valence electrons. The van der Waals surface area contributed by atoms with Crippen molar-refractivity contribution in [2.45, 2.75) is 39.2 Å². The van der Waals surface area contributed by atoms with Gasteiger partial charge in [-0.15, -0.1) is 0 Å². The molecule has 0 aliphatic carbocycles. The van der Waals surface area contributed by atoms with E-state index in [2.05, 4.69) is 29.0 Å². The molecule has 0 aromatic carbocycles. The molecule has 0 spiro atoms. The first kappa shape index (κ1) is 16.2. The molecule has 0 aromatic rings. The first-order chi connectivity index (χ1) is 9.78. The molecule has 2 fully saturated rings. The smallest absolute Gasteiger partial charge is 0.0705 e. The van der Waals surface area contributed by atoms with Crippen molar-refractivity contribution >= 4 is 0 Å². The van der Waals surface area contributed by atoms with Crippen molar-refractivity contribution < 1.29 is 4.74 Å². The Labute approximate surface area is 124 Å². The van der Waals surface area contributed by atoms with Crippen LogP contribution in [0.3, 0.4) is 0 Å². The van der Waals surface area contributed by atoms with Gasteiger partial charge in [0.1, 0.15) is 0 Å². The molecule has 1 N–H and O–H groups in total. The van der Waals surface area contributed by atoms with E-state index < -0.39 is 0 Å². The molecule has 2 heterocycles. The van der Waals surface area contributed by atoms with Crippen LogP contribution in [0, 0.1) is 5.92 Å². The number of rotatable bonds is 7. The number of nitrogens with zero attached hydrogens (tertiary/aromatic N) is 2. The Balaban J connectivity index is 1.61. The van der Waals surface area contributed by atoms with Gasteiger partial charge < -0.3 is 15.0 Å². The Morgan fingerprint density at radius 1 is 1.15 bits per heavy atom. The van der Waals surface area contributed by atoms with Crippen LogP contribution in [-0.2, 0) is 4.74 Å². The molecule has 20 heavy (non-hydrogen) atoms. The minimum Gasteiger partial charge on any atom is -0.376 e. The minimum absolute atomic E-state index is 0.466. The van der Waals surface area contributed by atoms with Crippen LogP contribution in [0.1, 0.15) is 33.1 Å².